The minimum atomic E-state index is -3.32. The topological polar surface area (TPSA) is 75.7 Å². The van der Waals surface area contributed by atoms with Gasteiger partial charge in [-0.15, -0.1) is 0 Å². The SMILES string of the molecule is C[C@H](Oc1ccc(N(C)S(C)(=O)=O)cc1)C(=O)N[C@@H](C)c1ccc2c(c1)CCCC2. The summed E-state index contributed by atoms with van der Waals surface area (Å²) in [7, 11) is -1.83. The zero-order valence-electron chi connectivity index (χ0n) is 18.0. The van der Waals surface area contributed by atoms with E-state index in [1.54, 1.807) is 31.2 Å². The van der Waals surface area contributed by atoms with Crippen LogP contribution in [0.1, 0.15) is 49.4 Å². The second-order valence-corrected chi connectivity index (χ2v) is 9.96. The van der Waals surface area contributed by atoms with Crippen LogP contribution in [0, 0.1) is 0 Å². The molecular formula is C23H30N2O4S. The molecule has 0 saturated carbocycles. The van der Waals surface area contributed by atoms with Crippen molar-refractivity contribution in [1.82, 2.24) is 5.32 Å². The summed E-state index contributed by atoms with van der Waals surface area (Å²) in [4.78, 5) is 12.6. The third kappa shape index (κ3) is 5.33. The third-order valence-corrected chi connectivity index (χ3v) is 6.82. The molecule has 0 aliphatic heterocycles. The maximum Gasteiger partial charge on any atom is 0.261 e. The zero-order valence-corrected chi connectivity index (χ0v) is 18.8. The Morgan fingerprint density at radius 1 is 1.03 bits per heavy atom. The molecule has 2 atom stereocenters. The van der Waals surface area contributed by atoms with Gasteiger partial charge in [-0.1, -0.05) is 18.2 Å². The number of rotatable bonds is 7. The molecule has 0 aromatic heterocycles. The normalized spacial score (nSPS) is 15.6. The number of sulfonamides is 1. The van der Waals surface area contributed by atoms with E-state index in [9.17, 15) is 13.2 Å². The minimum absolute atomic E-state index is 0.110. The Balaban J connectivity index is 1.59. The molecule has 0 bridgehead atoms. The predicted octanol–water partition coefficient (Wildman–Crippen LogP) is 3.61. The average molecular weight is 431 g/mol. The summed E-state index contributed by atoms with van der Waals surface area (Å²) < 4.78 is 30.2. The van der Waals surface area contributed by atoms with Crippen LogP contribution in [0.4, 0.5) is 5.69 Å². The molecule has 1 amide bonds. The Morgan fingerprint density at radius 3 is 2.30 bits per heavy atom. The number of carbonyl (C=O) groups is 1. The van der Waals surface area contributed by atoms with E-state index < -0.39 is 16.1 Å². The number of ether oxygens (including phenoxy) is 1. The molecule has 0 unspecified atom stereocenters. The van der Waals surface area contributed by atoms with Crippen LogP contribution in [0.15, 0.2) is 42.5 Å². The number of nitrogens with one attached hydrogen (secondary N) is 1. The molecule has 0 fully saturated rings. The molecule has 1 N–H and O–H groups in total. The van der Waals surface area contributed by atoms with E-state index in [2.05, 4.69) is 23.5 Å². The molecule has 0 heterocycles. The van der Waals surface area contributed by atoms with Crippen molar-refractivity contribution in [3.05, 3.63) is 59.2 Å². The van der Waals surface area contributed by atoms with E-state index in [1.165, 1.54) is 35.3 Å². The van der Waals surface area contributed by atoms with E-state index in [0.29, 0.717) is 11.4 Å². The summed E-state index contributed by atoms with van der Waals surface area (Å²) in [6, 6.07) is 13.0. The number of hydrogen-bond acceptors (Lipinski definition) is 4. The summed E-state index contributed by atoms with van der Waals surface area (Å²) in [5, 5.41) is 3.02. The van der Waals surface area contributed by atoms with Gasteiger partial charge < -0.3 is 10.1 Å². The van der Waals surface area contributed by atoms with Crippen molar-refractivity contribution in [3.63, 3.8) is 0 Å². The zero-order chi connectivity index (χ0) is 21.9. The molecule has 0 radical (unpaired) electrons. The molecule has 6 nitrogen and oxygen atoms in total. The van der Waals surface area contributed by atoms with Gasteiger partial charge in [-0.05, 0) is 80.5 Å². The Morgan fingerprint density at radius 2 is 1.67 bits per heavy atom. The van der Waals surface area contributed by atoms with Crippen molar-refractivity contribution in [2.75, 3.05) is 17.6 Å². The molecule has 1 aliphatic rings. The smallest absolute Gasteiger partial charge is 0.261 e. The number of nitrogens with zero attached hydrogens (tertiary/aromatic N) is 1. The maximum atomic E-state index is 12.6. The fourth-order valence-electron chi connectivity index (χ4n) is 3.62. The van der Waals surface area contributed by atoms with Crippen LogP contribution >= 0.6 is 0 Å². The first-order valence-corrected chi connectivity index (χ1v) is 12.1. The van der Waals surface area contributed by atoms with Gasteiger partial charge in [0.15, 0.2) is 6.10 Å². The molecule has 1 aliphatic carbocycles. The summed E-state index contributed by atoms with van der Waals surface area (Å²) in [6.07, 6.45) is 5.19. The number of aryl methyl sites for hydroxylation is 2. The lowest BCUT2D eigenvalue weighted by atomic mass is 9.89. The van der Waals surface area contributed by atoms with Gasteiger partial charge in [0, 0.05) is 7.05 Å². The quantitative estimate of drug-likeness (QED) is 0.728. The van der Waals surface area contributed by atoms with Crippen LogP contribution in [0.25, 0.3) is 0 Å². The Bertz CT molecular complexity index is 1000. The van der Waals surface area contributed by atoms with Gasteiger partial charge in [-0.3, -0.25) is 9.10 Å². The number of hydrogen-bond donors (Lipinski definition) is 1. The monoisotopic (exact) mass is 430 g/mol. The van der Waals surface area contributed by atoms with E-state index in [0.717, 1.165) is 24.7 Å². The standard InChI is InChI=1S/C23H30N2O4S/c1-16(19-10-9-18-7-5-6-8-20(18)15-19)24-23(26)17(2)29-22-13-11-21(12-14-22)25(3)30(4,27)28/h9-17H,5-8H2,1-4H3,(H,24,26)/t16-,17-/m0/s1. The van der Waals surface area contributed by atoms with Gasteiger partial charge in [-0.2, -0.15) is 0 Å². The second-order valence-electron chi connectivity index (χ2n) is 7.95. The second kappa shape index (κ2) is 9.08. The van der Waals surface area contributed by atoms with Crippen LogP contribution in [-0.2, 0) is 27.7 Å². The van der Waals surface area contributed by atoms with Crippen molar-refractivity contribution in [2.24, 2.45) is 0 Å². The Hall–Kier alpha value is -2.54. The highest BCUT2D eigenvalue weighted by Gasteiger charge is 2.19. The summed E-state index contributed by atoms with van der Waals surface area (Å²) in [5.74, 6) is 0.308. The van der Waals surface area contributed by atoms with Gasteiger partial charge >= 0.3 is 0 Å². The van der Waals surface area contributed by atoms with Crippen molar-refractivity contribution in [1.29, 1.82) is 0 Å². The lowest BCUT2D eigenvalue weighted by Gasteiger charge is -2.22. The van der Waals surface area contributed by atoms with Gasteiger partial charge in [0.2, 0.25) is 10.0 Å². The van der Waals surface area contributed by atoms with Crippen LogP contribution in [0.2, 0.25) is 0 Å². The van der Waals surface area contributed by atoms with Crippen LogP contribution in [0.5, 0.6) is 5.75 Å². The van der Waals surface area contributed by atoms with E-state index in [4.69, 9.17) is 4.74 Å². The first kappa shape index (κ1) is 22.2. The third-order valence-electron chi connectivity index (χ3n) is 5.61. The molecule has 7 heteroatoms. The van der Waals surface area contributed by atoms with Gasteiger partial charge in [0.1, 0.15) is 5.75 Å². The molecule has 0 saturated heterocycles. The number of carbonyl (C=O) groups excluding carboxylic acids is 1. The highest BCUT2D eigenvalue weighted by molar-refractivity contribution is 7.92. The van der Waals surface area contributed by atoms with E-state index in [1.807, 2.05) is 6.92 Å². The first-order chi connectivity index (χ1) is 14.1. The number of fused-ring (bicyclic) bond motifs is 1. The summed E-state index contributed by atoms with van der Waals surface area (Å²) >= 11 is 0. The van der Waals surface area contributed by atoms with Crippen molar-refractivity contribution in [3.8, 4) is 5.75 Å². The Labute approximate surface area is 179 Å². The lowest BCUT2D eigenvalue weighted by molar-refractivity contribution is -0.127. The fraction of sp³-hybridized carbons (Fsp3) is 0.435. The number of anilines is 1. The Kier molecular flexibility index (Phi) is 6.71. The number of amides is 1. The van der Waals surface area contributed by atoms with Crippen molar-refractivity contribution < 1.29 is 17.9 Å². The van der Waals surface area contributed by atoms with Crippen LogP contribution in [-0.4, -0.2) is 33.7 Å². The van der Waals surface area contributed by atoms with Crippen molar-refractivity contribution >= 4 is 21.6 Å². The molecular weight excluding hydrogens is 400 g/mol. The largest absolute Gasteiger partial charge is 0.481 e. The fourth-order valence-corrected chi connectivity index (χ4v) is 4.13. The average Bonchev–Trinajstić information content (AvgIpc) is 2.72. The lowest BCUT2D eigenvalue weighted by Crippen LogP contribution is -2.37. The molecule has 2 aromatic carbocycles. The van der Waals surface area contributed by atoms with Gasteiger partial charge in [-0.25, -0.2) is 8.42 Å². The highest BCUT2D eigenvalue weighted by atomic mass is 32.2. The summed E-state index contributed by atoms with van der Waals surface area (Å²) in [6.45, 7) is 3.68. The van der Waals surface area contributed by atoms with E-state index >= 15 is 0 Å². The van der Waals surface area contributed by atoms with Crippen molar-refractivity contribution in [2.45, 2.75) is 51.7 Å². The molecule has 162 valence electrons. The van der Waals surface area contributed by atoms with E-state index in [-0.39, 0.29) is 11.9 Å². The van der Waals surface area contributed by atoms with Gasteiger partial charge in [0.05, 0.1) is 18.0 Å². The van der Waals surface area contributed by atoms with Crippen LogP contribution < -0.4 is 14.4 Å². The molecule has 2 aromatic rings. The predicted molar refractivity (Wildman–Crippen MR) is 119 cm³/mol. The summed E-state index contributed by atoms with van der Waals surface area (Å²) in [5.41, 5.74) is 4.45. The van der Waals surface area contributed by atoms with Crippen LogP contribution in [0.3, 0.4) is 0 Å². The number of benzene rings is 2. The molecule has 3 rings (SSSR count). The molecule has 0 spiro atoms. The maximum absolute atomic E-state index is 12.6. The molecule has 30 heavy (non-hydrogen) atoms. The highest BCUT2D eigenvalue weighted by Crippen LogP contribution is 2.25. The van der Waals surface area contributed by atoms with Gasteiger partial charge in [0.25, 0.3) is 5.91 Å². The minimum Gasteiger partial charge on any atom is -0.481 e. The first-order valence-electron chi connectivity index (χ1n) is 10.3.